The molecule has 0 unspecified atom stereocenters. The van der Waals surface area contributed by atoms with Gasteiger partial charge < -0.3 is 9.64 Å². The third-order valence-corrected chi connectivity index (χ3v) is 3.03. The summed E-state index contributed by atoms with van der Waals surface area (Å²) in [4.78, 5) is 10.2. The third kappa shape index (κ3) is 3.14. The van der Waals surface area contributed by atoms with E-state index in [1.807, 2.05) is 0 Å². The molecule has 0 amide bonds. The minimum atomic E-state index is 0.620. The molecule has 4 nitrogen and oxygen atoms in total. The number of likely N-dealkylation sites (N-methyl/N-ethyl adjacent to an activating group) is 1. The molecule has 0 radical (unpaired) electrons. The lowest BCUT2D eigenvalue weighted by Crippen LogP contribution is -2.26. The van der Waals surface area contributed by atoms with Gasteiger partial charge in [0.2, 0.25) is 5.88 Å². The van der Waals surface area contributed by atoms with Crippen LogP contribution in [0.3, 0.4) is 0 Å². The van der Waals surface area contributed by atoms with Crippen LogP contribution in [-0.4, -0.2) is 41.1 Å². The van der Waals surface area contributed by atoms with Crippen molar-refractivity contribution in [1.82, 2.24) is 14.9 Å². The Morgan fingerprint density at radius 3 is 3.07 bits per heavy atom. The maximum atomic E-state index is 5.55. The summed E-state index contributed by atoms with van der Waals surface area (Å²) in [5, 5.41) is 0. The second kappa shape index (κ2) is 4.90. The second-order valence-corrected chi connectivity index (χ2v) is 4.59. The first-order valence-corrected chi connectivity index (χ1v) is 5.85. The molecular weight excluding hydrogens is 258 g/mol. The Bertz CT molecular complexity index is 330. The predicted octanol–water partition coefficient (Wildman–Crippen LogP) is 1.71. The van der Waals surface area contributed by atoms with Gasteiger partial charge in [0.25, 0.3) is 0 Å². The fourth-order valence-electron chi connectivity index (χ4n) is 1.39. The van der Waals surface area contributed by atoms with Gasteiger partial charge in [0.05, 0.1) is 4.47 Å². The Balaban J connectivity index is 1.75. The van der Waals surface area contributed by atoms with E-state index in [4.69, 9.17) is 4.74 Å². The number of halogens is 1. The lowest BCUT2D eigenvalue weighted by molar-refractivity contribution is 0.225. The first-order chi connectivity index (χ1) is 7.27. The molecule has 0 aliphatic heterocycles. The van der Waals surface area contributed by atoms with Gasteiger partial charge in [-0.25, -0.2) is 9.97 Å². The molecule has 1 saturated carbocycles. The summed E-state index contributed by atoms with van der Waals surface area (Å²) in [7, 11) is 2.13. The largest absolute Gasteiger partial charge is 0.475 e. The number of aromatic nitrogens is 2. The molecule has 1 fully saturated rings. The highest BCUT2D eigenvalue weighted by Crippen LogP contribution is 2.25. The molecular formula is C10H14BrN3O. The maximum absolute atomic E-state index is 5.55. The highest BCUT2D eigenvalue weighted by Gasteiger charge is 2.25. The van der Waals surface area contributed by atoms with Crippen molar-refractivity contribution in [2.24, 2.45) is 0 Å². The first kappa shape index (κ1) is 10.8. The molecule has 0 bridgehead atoms. The quantitative estimate of drug-likeness (QED) is 0.818. The number of nitrogens with zero attached hydrogens (tertiary/aromatic N) is 3. The van der Waals surface area contributed by atoms with Gasteiger partial charge in [-0.3, -0.25) is 0 Å². The topological polar surface area (TPSA) is 38.2 Å². The van der Waals surface area contributed by atoms with Crippen molar-refractivity contribution >= 4 is 15.9 Å². The monoisotopic (exact) mass is 271 g/mol. The number of hydrogen-bond donors (Lipinski definition) is 0. The van der Waals surface area contributed by atoms with Gasteiger partial charge in [-0.05, 0) is 35.8 Å². The molecule has 82 valence electrons. The van der Waals surface area contributed by atoms with Crippen molar-refractivity contribution in [3.05, 3.63) is 17.0 Å². The van der Waals surface area contributed by atoms with Crippen molar-refractivity contribution in [2.45, 2.75) is 18.9 Å². The summed E-state index contributed by atoms with van der Waals surface area (Å²) in [5.41, 5.74) is 0. The normalized spacial score (nSPS) is 15.7. The lowest BCUT2D eigenvalue weighted by atomic mass is 10.5. The van der Waals surface area contributed by atoms with Gasteiger partial charge in [0.15, 0.2) is 0 Å². The summed E-state index contributed by atoms with van der Waals surface area (Å²) >= 11 is 3.34. The zero-order valence-corrected chi connectivity index (χ0v) is 10.3. The summed E-state index contributed by atoms with van der Waals surface area (Å²) in [6, 6.07) is 0.780. The van der Waals surface area contributed by atoms with Crippen LogP contribution in [0.2, 0.25) is 0 Å². The van der Waals surface area contributed by atoms with E-state index in [0.717, 1.165) is 17.1 Å². The Labute approximate surface area is 97.8 Å². The van der Waals surface area contributed by atoms with Crippen LogP contribution in [0.15, 0.2) is 17.0 Å². The molecule has 15 heavy (non-hydrogen) atoms. The minimum absolute atomic E-state index is 0.620. The van der Waals surface area contributed by atoms with Crippen LogP contribution in [0.25, 0.3) is 0 Å². The number of hydrogen-bond acceptors (Lipinski definition) is 4. The summed E-state index contributed by atoms with van der Waals surface area (Å²) in [5.74, 6) is 0.620. The van der Waals surface area contributed by atoms with Crippen molar-refractivity contribution in [3.8, 4) is 5.88 Å². The van der Waals surface area contributed by atoms with Gasteiger partial charge >= 0.3 is 0 Å². The van der Waals surface area contributed by atoms with Crippen molar-refractivity contribution in [1.29, 1.82) is 0 Å². The van der Waals surface area contributed by atoms with Gasteiger partial charge in [0.1, 0.15) is 12.9 Å². The Kier molecular flexibility index (Phi) is 3.53. The Morgan fingerprint density at radius 2 is 2.40 bits per heavy atom. The van der Waals surface area contributed by atoms with Crippen LogP contribution in [0, 0.1) is 0 Å². The van der Waals surface area contributed by atoms with Crippen LogP contribution < -0.4 is 4.74 Å². The van der Waals surface area contributed by atoms with Gasteiger partial charge in [-0.1, -0.05) is 0 Å². The molecule has 1 aromatic rings. The van der Waals surface area contributed by atoms with Crippen LogP contribution in [0.1, 0.15) is 12.8 Å². The predicted molar refractivity (Wildman–Crippen MR) is 60.9 cm³/mol. The highest BCUT2D eigenvalue weighted by atomic mass is 79.9. The van der Waals surface area contributed by atoms with Crippen molar-refractivity contribution < 1.29 is 4.74 Å². The summed E-state index contributed by atoms with van der Waals surface area (Å²) < 4.78 is 6.35. The van der Waals surface area contributed by atoms with E-state index in [1.165, 1.54) is 19.2 Å². The third-order valence-electron chi connectivity index (χ3n) is 2.49. The van der Waals surface area contributed by atoms with E-state index in [0.29, 0.717) is 12.5 Å². The zero-order chi connectivity index (χ0) is 10.7. The molecule has 1 aromatic heterocycles. The Morgan fingerprint density at radius 1 is 1.60 bits per heavy atom. The zero-order valence-electron chi connectivity index (χ0n) is 8.69. The number of rotatable bonds is 5. The van der Waals surface area contributed by atoms with E-state index in [1.54, 1.807) is 6.20 Å². The van der Waals surface area contributed by atoms with Crippen LogP contribution in [0.5, 0.6) is 5.88 Å². The molecule has 0 aromatic carbocycles. The average Bonchev–Trinajstić information content (AvgIpc) is 3.04. The molecule has 2 rings (SSSR count). The van der Waals surface area contributed by atoms with E-state index in [2.05, 4.69) is 37.8 Å². The standard InChI is InChI=1S/C10H14BrN3O/c1-14(8-2-3-8)4-5-15-10-9(11)6-12-7-13-10/h6-8H,2-5H2,1H3. The minimum Gasteiger partial charge on any atom is -0.475 e. The summed E-state index contributed by atoms with van der Waals surface area (Å²) in [6.45, 7) is 1.61. The summed E-state index contributed by atoms with van der Waals surface area (Å²) in [6.07, 6.45) is 5.83. The Hall–Kier alpha value is -0.680. The van der Waals surface area contributed by atoms with E-state index in [9.17, 15) is 0 Å². The molecule has 0 spiro atoms. The van der Waals surface area contributed by atoms with Crippen molar-refractivity contribution in [3.63, 3.8) is 0 Å². The molecule has 0 saturated heterocycles. The smallest absolute Gasteiger partial charge is 0.231 e. The van der Waals surface area contributed by atoms with E-state index >= 15 is 0 Å². The molecule has 1 aliphatic carbocycles. The average molecular weight is 272 g/mol. The fraction of sp³-hybridized carbons (Fsp3) is 0.600. The lowest BCUT2D eigenvalue weighted by Gasteiger charge is -2.15. The van der Waals surface area contributed by atoms with Crippen LogP contribution in [0.4, 0.5) is 0 Å². The molecule has 1 heterocycles. The molecule has 0 atom stereocenters. The molecule has 5 heteroatoms. The fourth-order valence-corrected chi connectivity index (χ4v) is 1.73. The van der Waals surface area contributed by atoms with Crippen LogP contribution >= 0.6 is 15.9 Å². The van der Waals surface area contributed by atoms with E-state index < -0.39 is 0 Å². The first-order valence-electron chi connectivity index (χ1n) is 5.06. The number of ether oxygens (including phenoxy) is 1. The van der Waals surface area contributed by atoms with E-state index in [-0.39, 0.29) is 0 Å². The maximum Gasteiger partial charge on any atom is 0.231 e. The highest BCUT2D eigenvalue weighted by molar-refractivity contribution is 9.10. The second-order valence-electron chi connectivity index (χ2n) is 3.74. The van der Waals surface area contributed by atoms with Crippen molar-refractivity contribution in [2.75, 3.05) is 20.2 Å². The van der Waals surface area contributed by atoms with Gasteiger partial charge in [0, 0.05) is 18.8 Å². The van der Waals surface area contributed by atoms with Gasteiger partial charge in [-0.2, -0.15) is 0 Å². The molecule has 0 N–H and O–H groups in total. The SMILES string of the molecule is CN(CCOc1ncncc1Br)C1CC1. The molecule has 1 aliphatic rings. The van der Waals surface area contributed by atoms with Crippen LogP contribution in [-0.2, 0) is 0 Å². The van der Waals surface area contributed by atoms with Gasteiger partial charge in [-0.15, -0.1) is 0 Å².